The Morgan fingerprint density at radius 3 is 2.39 bits per heavy atom. The topological polar surface area (TPSA) is 106 Å². The normalized spacial score (nSPS) is 11.0. The lowest BCUT2D eigenvalue weighted by atomic mass is 10.2. The fourth-order valence-electron chi connectivity index (χ4n) is 2.46. The molecule has 0 spiro atoms. The van der Waals surface area contributed by atoms with Gasteiger partial charge in [-0.2, -0.15) is 0 Å². The van der Waals surface area contributed by atoms with E-state index in [2.05, 4.69) is 31.5 Å². The second-order valence-electron chi connectivity index (χ2n) is 6.51. The summed E-state index contributed by atoms with van der Waals surface area (Å²) in [5.41, 5.74) is 7.53. The van der Waals surface area contributed by atoms with Crippen LogP contribution in [0.1, 0.15) is 10.4 Å². The molecule has 0 fully saturated rings. The van der Waals surface area contributed by atoms with E-state index in [1.807, 2.05) is 0 Å². The number of amides is 2. The lowest BCUT2D eigenvalue weighted by molar-refractivity contribution is 0.102. The lowest BCUT2D eigenvalue weighted by Gasteiger charge is -2.12. The second-order valence-corrected chi connectivity index (χ2v) is 11.1. The fourth-order valence-corrected chi connectivity index (χ4v) is 3.69. The first kappa shape index (κ1) is 25.5. The van der Waals surface area contributed by atoms with Crippen molar-refractivity contribution in [1.29, 1.82) is 0 Å². The highest BCUT2D eigenvalue weighted by molar-refractivity contribution is 9.10. The number of nitrogens with one attached hydrogen (secondary N) is 2. The molecule has 0 aliphatic heterocycles. The van der Waals surface area contributed by atoms with Gasteiger partial charge in [0.25, 0.3) is 5.91 Å². The molecule has 2 aromatic carbocycles. The number of ether oxygens (including phenoxy) is 1. The van der Waals surface area contributed by atoms with Crippen molar-refractivity contribution >= 4 is 91.7 Å². The molecule has 1 aromatic heterocycles. The van der Waals surface area contributed by atoms with Gasteiger partial charge in [-0.25, -0.2) is 9.78 Å². The molecule has 12 heteroatoms. The molecule has 4 N–H and O–H groups in total. The molecule has 33 heavy (non-hydrogen) atoms. The van der Waals surface area contributed by atoms with Crippen LogP contribution in [0, 0.1) is 0 Å². The molecule has 172 valence electrons. The van der Waals surface area contributed by atoms with Gasteiger partial charge in [-0.05, 0) is 70.5 Å². The number of alkyl halides is 3. The SMILES string of the molecule is Nc1cc(C(=O)Nc2ccc(Br)cn2)ccc1Sc1ccc(NC(=O)OCC(Cl)(Cl)Cl)cc1. The van der Waals surface area contributed by atoms with E-state index in [1.54, 1.807) is 60.8 Å². The molecule has 2 amide bonds. The molecule has 3 aromatic rings. The van der Waals surface area contributed by atoms with Crippen LogP contribution in [-0.2, 0) is 4.74 Å². The van der Waals surface area contributed by atoms with Gasteiger partial charge in [0.15, 0.2) is 0 Å². The van der Waals surface area contributed by atoms with Crippen LogP contribution in [0.15, 0.2) is 75.1 Å². The van der Waals surface area contributed by atoms with Gasteiger partial charge >= 0.3 is 6.09 Å². The molecule has 0 bridgehead atoms. The Hall–Kier alpha value is -2.17. The number of carbonyl (C=O) groups is 2. The molecule has 0 aliphatic rings. The molecule has 0 saturated carbocycles. The third-order valence-corrected chi connectivity index (χ3v) is 5.83. The average molecular weight is 591 g/mol. The summed E-state index contributed by atoms with van der Waals surface area (Å²) in [6, 6.07) is 15.5. The Bertz CT molecular complexity index is 1140. The summed E-state index contributed by atoms with van der Waals surface area (Å²) >= 11 is 21.3. The molecular weight excluding hydrogens is 575 g/mol. The van der Waals surface area contributed by atoms with Crippen LogP contribution in [0.2, 0.25) is 0 Å². The summed E-state index contributed by atoms with van der Waals surface area (Å²) in [5.74, 6) is 0.121. The molecule has 0 radical (unpaired) electrons. The maximum atomic E-state index is 12.5. The maximum Gasteiger partial charge on any atom is 0.411 e. The molecule has 1 heterocycles. The van der Waals surface area contributed by atoms with Gasteiger partial charge in [0.2, 0.25) is 3.79 Å². The van der Waals surface area contributed by atoms with Crippen molar-refractivity contribution in [1.82, 2.24) is 4.98 Å². The highest BCUT2D eigenvalue weighted by Gasteiger charge is 2.22. The van der Waals surface area contributed by atoms with Crippen molar-refractivity contribution in [2.45, 2.75) is 13.6 Å². The summed E-state index contributed by atoms with van der Waals surface area (Å²) in [7, 11) is 0. The Morgan fingerprint density at radius 2 is 1.79 bits per heavy atom. The number of rotatable bonds is 6. The minimum atomic E-state index is -1.68. The zero-order chi connectivity index (χ0) is 24.0. The van der Waals surface area contributed by atoms with Gasteiger partial charge in [0.05, 0.1) is 0 Å². The Labute approximate surface area is 217 Å². The fraction of sp³-hybridized carbons (Fsp3) is 0.0952. The Morgan fingerprint density at radius 1 is 1.06 bits per heavy atom. The number of nitrogen functional groups attached to an aromatic ring is 1. The minimum Gasteiger partial charge on any atom is -0.445 e. The van der Waals surface area contributed by atoms with Gasteiger partial charge in [0, 0.05) is 37.4 Å². The van der Waals surface area contributed by atoms with Crippen LogP contribution in [0.3, 0.4) is 0 Å². The van der Waals surface area contributed by atoms with E-state index in [9.17, 15) is 9.59 Å². The second kappa shape index (κ2) is 11.3. The molecule has 0 atom stereocenters. The van der Waals surface area contributed by atoms with E-state index >= 15 is 0 Å². The van der Waals surface area contributed by atoms with Crippen molar-refractivity contribution in [2.75, 3.05) is 23.0 Å². The number of halogens is 4. The number of hydrogen-bond acceptors (Lipinski definition) is 6. The van der Waals surface area contributed by atoms with Crippen LogP contribution < -0.4 is 16.4 Å². The first-order valence-corrected chi connectivity index (χ1v) is 11.9. The van der Waals surface area contributed by atoms with Crippen LogP contribution in [0.5, 0.6) is 0 Å². The zero-order valence-corrected chi connectivity index (χ0v) is 21.3. The number of benzene rings is 2. The molecule has 0 saturated heterocycles. The summed E-state index contributed by atoms with van der Waals surface area (Å²) in [6.07, 6.45) is 0.857. The quantitative estimate of drug-likeness (QED) is 0.217. The van der Waals surface area contributed by atoms with E-state index in [0.29, 0.717) is 22.8 Å². The van der Waals surface area contributed by atoms with E-state index in [0.717, 1.165) is 14.3 Å². The number of carbonyl (C=O) groups excluding carboxylic acids is 2. The Kier molecular flexibility index (Phi) is 8.72. The standard InChI is InChI=1S/C21H16BrCl3N4O3S/c22-13-2-8-18(27-10-13)29-19(30)12-1-7-17(16(26)9-12)33-15-5-3-14(4-6-15)28-20(31)32-11-21(23,24)25/h1-10H,11,26H2,(H,28,31)(H,27,29,30). The van der Waals surface area contributed by atoms with Gasteiger partial charge in [-0.3, -0.25) is 10.1 Å². The Balaban J connectivity index is 1.59. The summed E-state index contributed by atoms with van der Waals surface area (Å²) in [5, 5.41) is 5.26. The third kappa shape index (κ3) is 8.28. The van der Waals surface area contributed by atoms with Crippen LogP contribution >= 0.6 is 62.5 Å². The van der Waals surface area contributed by atoms with Crippen molar-refractivity contribution in [2.24, 2.45) is 0 Å². The van der Waals surface area contributed by atoms with Crippen molar-refractivity contribution in [3.8, 4) is 0 Å². The number of nitrogens with zero attached hydrogens (tertiary/aromatic N) is 1. The summed E-state index contributed by atoms with van der Waals surface area (Å²) < 4.78 is 3.96. The molecule has 3 rings (SSSR count). The minimum absolute atomic E-state index is 0.315. The van der Waals surface area contributed by atoms with Gasteiger partial charge in [-0.1, -0.05) is 46.6 Å². The first-order valence-electron chi connectivity index (χ1n) is 9.20. The average Bonchev–Trinajstić information content (AvgIpc) is 2.76. The monoisotopic (exact) mass is 588 g/mol. The van der Waals surface area contributed by atoms with E-state index in [1.165, 1.54) is 11.8 Å². The van der Waals surface area contributed by atoms with Crippen LogP contribution in [-0.4, -0.2) is 27.4 Å². The van der Waals surface area contributed by atoms with Crippen LogP contribution in [0.25, 0.3) is 0 Å². The molecule has 0 aliphatic carbocycles. The zero-order valence-electron chi connectivity index (χ0n) is 16.7. The molecular formula is C21H16BrCl3N4O3S. The summed E-state index contributed by atoms with van der Waals surface area (Å²) in [4.78, 5) is 30.0. The van der Waals surface area contributed by atoms with E-state index in [4.69, 9.17) is 45.3 Å². The van der Waals surface area contributed by atoms with Crippen molar-refractivity contribution in [3.63, 3.8) is 0 Å². The van der Waals surface area contributed by atoms with E-state index < -0.39 is 9.89 Å². The highest BCUT2D eigenvalue weighted by atomic mass is 79.9. The molecule has 7 nitrogen and oxygen atoms in total. The van der Waals surface area contributed by atoms with Crippen LogP contribution in [0.4, 0.5) is 22.0 Å². The number of nitrogens with two attached hydrogens (primary N) is 1. The van der Waals surface area contributed by atoms with Gasteiger partial charge in [0.1, 0.15) is 12.4 Å². The largest absolute Gasteiger partial charge is 0.445 e. The van der Waals surface area contributed by atoms with Crippen molar-refractivity contribution < 1.29 is 14.3 Å². The number of pyridine rings is 1. The smallest absolute Gasteiger partial charge is 0.411 e. The molecule has 0 unspecified atom stereocenters. The van der Waals surface area contributed by atoms with E-state index in [-0.39, 0.29) is 12.5 Å². The number of hydrogen-bond donors (Lipinski definition) is 3. The first-order chi connectivity index (χ1) is 15.6. The lowest BCUT2D eigenvalue weighted by Crippen LogP contribution is -2.21. The highest BCUT2D eigenvalue weighted by Crippen LogP contribution is 2.33. The summed E-state index contributed by atoms with van der Waals surface area (Å²) in [6.45, 7) is -0.371. The van der Waals surface area contributed by atoms with Gasteiger partial charge < -0.3 is 15.8 Å². The van der Waals surface area contributed by atoms with Gasteiger partial charge in [-0.15, -0.1) is 0 Å². The number of anilines is 3. The maximum absolute atomic E-state index is 12.5. The third-order valence-electron chi connectivity index (χ3n) is 3.94. The predicted molar refractivity (Wildman–Crippen MR) is 137 cm³/mol. The number of aromatic nitrogens is 1. The van der Waals surface area contributed by atoms with Crippen molar-refractivity contribution in [3.05, 3.63) is 70.8 Å². The predicted octanol–water partition coefficient (Wildman–Crippen LogP) is 6.75.